The first kappa shape index (κ1) is 15.4. The van der Waals surface area contributed by atoms with Crippen molar-refractivity contribution in [2.75, 3.05) is 10.6 Å². The molecule has 0 heterocycles. The van der Waals surface area contributed by atoms with Crippen molar-refractivity contribution in [3.63, 3.8) is 0 Å². The topological polar surface area (TPSA) is 75.3 Å². The molecule has 0 aliphatic carbocycles. The van der Waals surface area contributed by atoms with Gasteiger partial charge in [-0.3, -0.25) is 14.4 Å². The zero-order chi connectivity index (χ0) is 15.9. The number of rotatable bonds is 5. The molecule has 0 aliphatic heterocycles. The summed E-state index contributed by atoms with van der Waals surface area (Å²) >= 11 is 0. The first-order chi connectivity index (χ1) is 10.6. The molecular weight excluding hydrogens is 280 g/mol. The minimum absolute atomic E-state index is 0.214. The molecule has 0 fully saturated rings. The van der Waals surface area contributed by atoms with Crippen LogP contribution in [-0.2, 0) is 9.59 Å². The third kappa shape index (κ3) is 4.28. The molecule has 2 amide bonds. The molecule has 2 aromatic rings. The van der Waals surface area contributed by atoms with Gasteiger partial charge in [-0.25, -0.2) is 0 Å². The molecule has 22 heavy (non-hydrogen) atoms. The molecule has 112 valence electrons. The summed E-state index contributed by atoms with van der Waals surface area (Å²) in [6, 6.07) is 15.7. The highest BCUT2D eigenvalue weighted by molar-refractivity contribution is 6.11. The Kier molecular flexibility index (Phi) is 5.03. The van der Waals surface area contributed by atoms with Gasteiger partial charge in [-0.05, 0) is 31.2 Å². The predicted octanol–water partition coefficient (Wildman–Crippen LogP) is 2.86. The number of anilines is 2. The van der Waals surface area contributed by atoms with Crippen LogP contribution in [0.1, 0.15) is 23.7 Å². The van der Waals surface area contributed by atoms with Crippen LogP contribution in [0.3, 0.4) is 0 Å². The molecule has 0 aromatic heterocycles. The number of amides is 2. The number of hydrogen-bond donors (Lipinski definition) is 2. The Labute approximate surface area is 128 Å². The number of Topliss-reactive ketones (excluding diaryl/α,β-unsaturated/α-hetero) is 1. The summed E-state index contributed by atoms with van der Waals surface area (Å²) in [6.07, 6.45) is -0.214. The van der Waals surface area contributed by atoms with Gasteiger partial charge in [-0.15, -0.1) is 0 Å². The average Bonchev–Trinajstić information content (AvgIpc) is 2.47. The van der Waals surface area contributed by atoms with E-state index in [2.05, 4.69) is 10.6 Å². The zero-order valence-corrected chi connectivity index (χ0v) is 12.1. The molecule has 0 unspecified atom stereocenters. The van der Waals surface area contributed by atoms with Crippen LogP contribution in [0.4, 0.5) is 11.4 Å². The van der Waals surface area contributed by atoms with Crippen molar-refractivity contribution in [2.24, 2.45) is 0 Å². The second kappa shape index (κ2) is 7.17. The van der Waals surface area contributed by atoms with Gasteiger partial charge >= 0.3 is 0 Å². The SMILES string of the molecule is CC(=O)CC(=O)Nc1ccccc1C(=O)Nc1ccccc1. The maximum Gasteiger partial charge on any atom is 0.257 e. The van der Waals surface area contributed by atoms with E-state index in [0.717, 1.165) is 0 Å². The Hall–Kier alpha value is -2.95. The Bertz CT molecular complexity index is 696. The molecule has 0 saturated heterocycles. The smallest absolute Gasteiger partial charge is 0.257 e. The second-order valence-corrected chi connectivity index (χ2v) is 4.79. The van der Waals surface area contributed by atoms with Crippen molar-refractivity contribution in [2.45, 2.75) is 13.3 Å². The van der Waals surface area contributed by atoms with Crippen molar-refractivity contribution in [3.05, 3.63) is 60.2 Å². The van der Waals surface area contributed by atoms with E-state index < -0.39 is 5.91 Å². The van der Waals surface area contributed by atoms with Crippen molar-refractivity contribution in [3.8, 4) is 0 Å². The average molecular weight is 296 g/mol. The van der Waals surface area contributed by atoms with Crippen LogP contribution in [0, 0.1) is 0 Å². The lowest BCUT2D eigenvalue weighted by Crippen LogP contribution is -2.19. The van der Waals surface area contributed by atoms with Gasteiger partial charge in [-0.1, -0.05) is 30.3 Å². The molecule has 0 atom stereocenters. The maximum absolute atomic E-state index is 12.3. The summed E-state index contributed by atoms with van der Waals surface area (Å²) in [5, 5.41) is 5.34. The van der Waals surface area contributed by atoms with Crippen LogP contribution >= 0.6 is 0 Å². The van der Waals surface area contributed by atoms with Gasteiger partial charge in [0.25, 0.3) is 5.91 Å². The summed E-state index contributed by atoms with van der Waals surface area (Å²) in [7, 11) is 0. The fourth-order valence-corrected chi connectivity index (χ4v) is 1.93. The first-order valence-corrected chi connectivity index (χ1v) is 6.81. The van der Waals surface area contributed by atoms with Gasteiger partial charge in [0.1, 0.15) is 5.78 Å². The fraction of sp³-hybridized carbons (Fsp3) is 0.118. The van der Waals surface area contributed by atoms with Crippen LogP contribution in [-0.4, -0.2) is 17.6 Å². The van der Waals surface area contributed by atoms with Gasteiger partial charge in [0.15, 0.2) is 0 Å². The number of benzene rings is 2. The maximum atomic E-state index is 12.3. The van der Waals surface area contributed by atoms with Crippen LogP contribution in [0.5, 0.6) is 0 Å². The summed E-state index contributed by atoms with van der Waals surface area (Å²) in [5.41, 5.74) is 1.38. The van der Waals surface area contributed by atoms with Crippen molar-refractivity contribution >= 4 is 29.0 Å². The monoisotopic (exact) mass is 296 g/mol. The van der Waals surface area contributed by atoms with Crippen LogP contribution in [0.2, 0.25) is 0 Å². The first-order valence-electron chi connectivity index (χ1n) is 6.81. The minimum atomic E-state index is -0.438. The zero-order valence-electron chi connectivity index (χ0n) is 12.1. The van der Waals surface area contributed by atoms with Gasteiger partial charge in [0, 0.05) is 5.69 Å². The number of ketones is 1. The lowest BCUT2D eigenvalue weighted by molar-refractivity contribution is -0.124. The number of nitrogens with one attached hydrogen (secondary N) is 2. The van der Waals surface area contributed by atoms with E-state index in [4.69, 9.17) is 0 Å². The van der Waals surface area contributed by atoms with Gasteiger partial charge in [0.2, 0.25) is 5.91 Å². The standard InChI is InChI=1S/C17H16N2O3/c1-12(20)11-16(21)19-15-10-6-5-9-14(15)17(22)18-13-7-3-2-4-8-13/h2-10H,11H2,1H3,(H,18,22)(H,19,21). The Morgan fingerprint density at radius 1 is 0.864 bits per heavy atom. The summed E-state index contributed by atoms with van der Waals surface area (Å²) < 4.78 is 0. The minimum Gasteiger partial charge on any atom is -0.325 e. The quantitative estimate of drug-likeness (QED) is 0.833. The Morgan fingerprint density at radius 2 is 1.50 bits per heavy atom. The number of carbonyl (C=O) groups excluding carboxylic acids is 3. The van der Waals surface area contributed by atoms with Crippen molar-refractivity contribution < 1.29 is 14.4 Å². The van der Waals surface area contributed by atoms with Gasteiger partial charge in [0.05, 0.1) is 17.7 Å². The van der Waals surface area contributed by atoms with Gasteiger partial charge < -0.3 is 10.6 Å². The molecule has 0 saturated carbocycles. The molecule has 5 heteroatoms. The summed E-state index contributed by atoms with van der Waals surface area (Å²) in [4.78, 5) is 35.0. The molecule has 5 nitrogen and oxygen atoms in total. The lowest BCUT2D eigenvalue weighted by Gasteiger charge is -2.11. The fourth-order valence-electron chi connectivity index (χ4n) is 1.93. The second-order valence-electron chi connectivity index (χ2n) is 4.79. The molecule has 0 bridgehead atoms. The third-order valence-electron chi connectivity index (χ3n) is 2.89. The summed E-state index contributed by atoms with van der Waals surface area (Å²) in [5.74, 6) is -0.999. The molecule has 0 spiro atoms. The molecule has 0 aliphatic rings. The Balaban J connectivity index is 2.15. The van der Waals surface area contributed by atoms with E-state index in [1.807, 2.05) is 18.2 Å². The highest BCUT2D eigenvalue weighted by Crippen LogP contribution is 2.17. The molecule has 2 N–H and O–H groups in total. The number of hydrogen-bond acceptors (Lipinski definition) is 3. The number of para-hydroxylation sites is 2. The van der Waals surface area contributed by atoms with E-state index >= 15 is 0 Å². The number of carbonyl (C=O) groups is 3. The molecule has 2 aromatic carbocycles. The normalized spacial score (nSPS) is 9.86. The van der Waals surface area contributed by atoms with Crippen molar-refractivity contribution in [1.29, 1.82) is 0 Å². The van der Waals surface area contributed by atoms with E-state index in [9.17, 15) is 14.4 Å². The van der Waals surface area contributed by atoms with Gasteiger partial charge in [-0.2, -0.15) is 0 Å². The highest BCUT2D eigenvalue weighted by Gasteiger charge is 2.14. The largest absolute Gasteiger partial charge is 0.325 e. The predicted molar refractivity (Wildman–Crippen MR) is 84.8 cm³/mol. The van der Waals surface area contributed by atoms with Crippen LogP contribution < -0.4 is 10.6 Å². The van der Waals surface area contributed by atoms with E-state index in [1.54, 1.807) is 36.4 Å². The van der Waals surface area contributed by atoms with E-state index in [0.29, 0.717) is 16.9 Å². The van der Waals surface area contributed by atoms with E-state index in [1.165, 1.54) is 6.92 Å². The Morgan fingerprint density at radius 3 is 2.18 bits per heavy atom. The summed E-state index contributed by atoms with van der Waals surface area (Å²) in [6.45, 7) is 1.34. The van der Waals surface area contributed by atoms with Crippen LogP contribution in [0.25, 0.3) is 0 Å². The third-order valence-corrected chi connectivity index (χ3v) is 2.89. The lowest BCUT2D eigenvalue weighted by atomic mass is 10.1. The van der Waals surface area contributed by atoms with E-state index in [-0.39, 0.29) is 18.1 Å². The van der Waals surface area contributed by atoms with Crippen molar-refractivity contribution in [1.82, 2.24) is 0 Å². The molecule has 0 radical (unpaired) electrons. The molecular formula is C17H16N2O3. The molecule has 2 rings (SSSR count). The highest BCUT2D eigenvalue weighted by atomic mass is 16.2. The van der Waals surface area contributed by atoms with Crippen LogP contribution in [0.15, 0.2) is 54.6 Å².